The van der Waals surface area contributed by atoms with Crippen LogP contribution in [0.15, 0.2) is 56.7 Å². The van der Waals surface area contributed by atoms with Gasteiger partial charge in [-0.3, -0.25) is 10.1 Å². The maximum Gasteiger partial charge on any atom is 0.269 e. The molecule has 0 amide bonds. The number of thioether (sulfide) groups is 1. The maximum absolute atomic E-state index is 10.7. The lowest BCUT2D eigenvalue weighted by Gasteiger charge is -2.00. The van der Waals surface area contributed by atoms with E-state index < -0.39 is 4.92 Å². The highest BCUT2D eigenvalue weighted by molar-refractivity contribution is 7.98. The molecule has 3 aromatic heterocycles. The molecule has 0 saturated heterocycles. The molecule has 0 aliphatic heterocycles. The summed E-state index contributed by atoms with van der Waals surface area (Å²) in [6, 6.07) is 9.52. The first kappa shape index (κ1) is 17.0. The summed E-state index contributed by atoms with van der Waals surface area (Å²) in [4.78, 5) is 10.2. The third-order valence-electron chi connectivity index (χ3n) is 3.69. The van der Waals surface area contributed by atoms with Crippen molar-refractivity contribution in [1.82, 2.24) is 25.0 Å². The summed E-state index contributed by atoms with van der Waals surface area (Å²) in [6.07, 6.45) is 1.58. The summed E-state index contributed by atoms with van der Waals surface area (Å²) in [5.41, 5.74) is 0.617. The second-order valence-electron chi connectivity index (χ2n) is 5.44. The molecule has 136 valence electrons. The molecule has 4 aromatic rings. The fourth-order valence-corrected chi connectivity index (χ4v) is 3.09. The zero-order valence-corrected chi connectivity index (χ0v) is 14.8. The number of nitro benzene ring substituents is 1. The van der Waals surface area contributed by atoms with Crippen LogP contribution >= 0.6 is 11.8 Å². The van der Waals surface area contributed by atoms with E-state index in [1.165, 1.54) is 23.9 Å². The zero-order valence-electron chi connectivity index (χ0n) is 14.0. The molecular formula is C16H12N6O4S. The summed E-state index contributed by atoms with van der Waals surface area (Å²) < 4.78 is 12.8. The van der Waals surface area contributed by atoms with Gasteiger partial charge >= 0.3 is 0 Å². The van der Waals surface area contributed by atoms with E-state index >= 15 is 0 Å². The van der Waals surface area contributed by atoms with Gasteiger partial charge in [0.25, 0.3) is 5.69 Å². The molecule has 0 atom stereocenters. The fraction of sp³-hybridized carbons (Fsp3) is 0.125. The molecule has 0 unspecified atom stereocenters. The van der Waals surface area contributed by atoms with E-state index in [1.54, 1.807) is 24.5 Å². The zero-order chi connectivity index (χ0) is 18.8. The first-order chi connectivity index (χ1) is 13.1. The molecule has 3 heterocycles. The highest BCUT2D eigenvalue weighted by Crippen LogP contribution is 2.27. The van der Waals surface area contributed by atoms with Crippen LogP contribution in [0.4, 0.5) is 5.69 Å². The number of nitro groups is 1. The molecule has 0 spiro atoms. The average molecular weight is 384 g/mol. The minimum absolute atomic E-state index is 0.00341. The summed E-state index contributed by atoms with van der Waals surface area (Å²) in [5.74, 6) is 2.38. The standard InChI is InChI=1S/C16H12N6O4S/c1-21-14(12-3-2-8-25-12)18-20-16(21)27-9-13-17-19-15(26-13)10-4-6-11(7-5-10)22(23)24/h2-8H,9H2,1H3. The van der Waals surface area contributed by atoms with Gasteiger partial charge in [-0.25, -0.2) is 0 Å². The lowest BCUT2D eigenvalue weighted by Crippen LogP contribution is -1.94. The Kier molecular flexibility index (Phi) is 4.42. The van der Waals surface area contributed by atoms with Gasteiger partial charge in [0.05, 0.1) is 16.9 Å². The van der Waals surface area contributed by atoms with Crippen molar-refractivity contribution in [2.45, 2.75) is 10.9 Å². The third kappa shape index (κ3) is 3.44. The van der Waals surface area contributed by atoms with Crippen LogP contribution < -0.4 is 0 Å². The Morgan fingerprint density at radius 3 is 2.67 bits per heavy atom. The Morgan fingerprint density at radius 1 is 1.15 bits per heavy atom. The van der Waals surface area contributed by atoms with Crippen molar-refractivity contribution in [3.8, 4) is 23.0 Å². The van der Waals surface area contributed by atoms with Crippen molar-refractivity contribution in [3.05, 3.63) is 58.7 Å². The van der Waals surface area contributed by atoms with Gasteiger partial charge in [0.15, 0.2) is 16.7 Å². The Hall–Kier alpha value is -3.47. The summed E-state index contributed by atoms with van der Waals surface area (Å²) >= 11 is 1.40. The average Bonchev–Trinajstić information content (AvgIpc) is 3.41. The first-order valence-electron chi connectivity index (χ1n) is 7.75. The maximum atomic E-state index is 10.7. The molecule has 27 heavy (non-hydrogen) atoms. The minimum Gasteiger partial charge on any atom is -0.461 e. The monoisotopic (exact) mass is 384 g/mol. The van der Waals surface area contributed by atoms with Crippen molar-refractivity contribution in [2.24, 2.45) is 7.05 Å². The predicted molar refractivity (Wildman–Crippen MR) is 94.7 cm³/mol. The Bertz CT molecular complexity index is 1070. The highest BCUT2D eigenvalue weighted by atomic mass is 32.2. The van der Waals surface area contributed by atoms with Gasteiger partial charge < -0.3 is 13.4 Å². The Labute approximate surface area is 156 Å². The van der Waals surface area contributed by atoms with Gasteiger partial charge in [-0.15, -0.1) is 20.4 Å². The molecule has 0 aliphatic carbocycles. The summed E-state index contributed by atoms with van der Waals surface area (Å²) in [7, 11) is 1.84. The molecule has 0 radical (unpaired) electrons. The summed E-state index contributed by atoms with van der Waals surface area (Å²) in [5, 5.41) is 27.6. The van der Waals surface area contributed by atoms with E-state index in [1.807, 2.05) is 17.7 Å². The van der Waals surface area contributed by atoms with Gasteiger partial charge in [-0.2, -0.15) is 0 Å². The number of rotatable bonds is 6. The number of furan rings is 1. The van der Waals surface area contributed by atoms with E-state index in [2.05, 4.69) is 20.4 Å². The molecule has 11 heteroatoms. The Morgan fingerprint density at radius 2 is 1.96 bits per heavy atom. The Balaban J connectivity index is 1.45. The SMILES string of the molecule is Cn1c(SCc2nnc(-c3ccc([N+](=O)[O-])cc3)o2)nnc1-c1ccco1. The topological polar surface area (TPSA) is 126 Å². The van der Waals surface area contributed by atoms with Crippen molar-refractivity contribution >= 4 is 17.4 Å². The van der Waals surface area contributed by atoms with Crippen molar-refractivity contribution in [3.63, 3.8) is 0 Å². The second kappa shape index (κ2) is 7.03. The second-order valence-corrected chi connectivity index (χ2v) is 6.38. The van der Waals surface area contributed by atoms with Crippen LogP contribution in [0.1, 0.15) is 5.89 Å². The van der Waals surface area contributed by atoms with Crippen LogP contribution in [-0.4, -0.2) is 29.9 Å². The van der Waals surface area contributed by atoms with E-state index in [0.717, 1.165) is 0 Å². The van der Waals surface area contributed by atoms with Gasteiger partial charge in [-0.1, -0.05) is 11.8 Å². The molecule has 4 rings (SSSR count). The van der Waals surface area contributed by atoms with Gasteiger partial charge in [0.1, 0.15) is 0 Å². The highest BCUT2D eigenvalue weighted by Gasteiger charge is 2.15. The van der Waals surface area contributed by atoms with Gasteiger partial charge in [0.2, 0.25) is 11.8 Å². The predicted octanol–water partition coefficient (Wildman–Crippen LogP) is 3.33. The minimum atomic E-state index is -0.461. The molecule has 0 aliphatic rings. The molecule has 1 aromatic carbocycles. The lowest BCUT2D eigenvalue weighted by molar-refractivity contribution is -0.384. The van der Waals surface area contributed by atoms with Crippen LogP contribution in [0, 0.1) is 10.1 Å². The van der Waals surface area contributed by atoms with Gasteiger partial charge in [-0.05, 0) is 24.3 Å². The third-order valence-corrected chi connectivity index (χ3v) is 4.70. The van der Waals surface area contributed by atoms with Crippen molar-refractivity contribution < 1.29 is 13.8 Å². The summed E-state index contributed by atoms with van der Waals surface area (Å²) in [6.45, 7) is 0. The number of hydrogen-bond acceptors (Lipinski definition) is 9. The van der Waals surface area contributed by atoms with Crippen LogP contribution in [0.2, 0.25) is 0 Å². The smallest absolute Gasteiger partial charge is 0.269 e. The number of non-ortho nitro benzene ring substituents is 1. The number of benzene rings is 1. The molecule has 0 fully saturated rings. The van der Waals surface area contributed by atoms with E-state index in [9.17, 15) is 10.1 Å². The van der Waals surface area contributed by atoms with Crippen LogP contribution in [0.5, 0.6) is 0 Å². The number of aromatic nitrogens is 5. The molecule has 10 nitrogen and oxygen atoms in total. The number of hydrogen-bond donors (Lipinski definition) is 0. The van der Waals surface area contributed by atoms with Crippen LogP contribution in [0.25, 0.3) is 23.0 Å². The van der Waals surface area contributed by atoms with E-state index in [0.29, 0.717) is 39.8 Å². The van der Waals surface area contributed by atoms with E-state index in [-0.39, 0.29) is 5.69 Å². The molecule has 0 bridgehead atoms. The van der Waals surface area contributed by atoms with Crippen molar-refractivity contribution in [2.75, 3.05) is 0 Å². The van der Waals surface area contributed by atoms with E-state index in [4.69, 9.17) is 8.83 Å². The fourth-order valence-electron chi connectivity index (χ4n) is 2.34. The normalized spacial score (nSPS) is 11.0. The van der Waals surface area contributed by atoms with Crippen LogP contribution in [0.3, 0.4) is 0 Å². The van der Waals surface area contributed by atoms with Crippen molar-refractivity contribution in [1.29, 1.82) is 0 Å². The lowest BCUT2D eigenvalue weighted by atomic mass is 10.2. The molecule has 0 saturated carbocycles. The quantitative estimate of drug-likeness (QED) is 0.279. The van der Waals surface area contributed by atoms with Crippen LogP contribution in [-0.2, 0) is 12.8 Å². The molecule has 0 N–H and O–H groups in total. The number of nitrogens with zero attached hydrogens (tertiary/aromatic N) is 6. The largest absolute Gasteiger partial charge is 0.461 e. The first-order valence-corrected chi connectivity index (χ1v) is 8.73. The molecular weight excluding hydrogens is 372 g/mol. The van der Waals surface area contributed by atoms with Gasteiger partial charge in [0, 0.05) is 24.7 Å².